The van der Waals surface area contributed by atoms with E-state index in [1.54, 1.807) is 0 Å². The highest BCUT2D eigenvalue weighted by Crippen LogP contribution is 2.08. The molecule has 20 heavy (non-hydrogen) atoms. The third kappa shape index (κ3) is 26.3. The van der Waals surface area contributed by atoms with Crippen molar-refractivity contribution in [3.05, 3.63) is 13.2 Å². The second-order valence-electron chi connectivity index (χ2n) is 6.19. The molecule has 0 heterocycles. The van der Waals surface area contributed by atoms with Gasteiger partial charge in [0.1, 0.15) is 0 Å². The third-order valence-electron chi connectivity index (χ3n) is 3.15. The molecule has 0 aliphatic carbocycles. The predicted octanol–water partition coefficient (Wildman–Crippen LogP) is 6.40. The van der Waals surface area contributed by atoms with Gasteiger partial charge >= 0.3 is 0 Å². The molecule has 0 amide bonds. The van der Waals surface area contributed by atoms with E-state index in [4.69, 9.17) is 0 Å². The molecule has 0 aliphatic rings. The fourth-order valence-electron chi connectivity index (χ4n) is 2.23. The molecule has 0 aromatic rings. The Labute approximate surface area is 130 Å². The number of rotatable bonds is 9. The van der Waals surface area contributed by atoms with Crippen molar-refractivity contribution in [1.29, 1.82) is 0 Å². The molecule has 0 N–H and O–H groups in total. The van der Waals surface area contributed by atoms with Crippen molar-refractivity contribution in [2.24, 2.45) is 11.8 Å². The molecule has 0 rings (SSSR count). The lowest BCUT2D eigenvalue weighted by Crippen LogP contribution is -2.25. The zero-order valence-corrected chi connectivity index (χ0v) is 15.7. The van der Waals surface area contributed by atoms with E-state index in [9.17, 15) is 0 Å². The molecule has 0 fully saturated rings. The van der Waals surface area contributed by atoms with E-state index in [1.165, 1.54) is 51.6 Å². The highest BCUT2D eigenvalue weighted by atomic mass is 15.1. The lowest BCUT2D eigenvalue weighted by Gasteiger charge is -2.20. The number of hydrogen-bond acceptors (Lipinski definition) is 1. The average molecular weight is 286 g/mol. The van der Waals surface area contributed by atoms with Crippen LogP contribution in [0.4, 0.5) is 0 Å². The van der Waals surface area contributed by atoms with E-state index in [2.05, 4.69) is 66.6 Å². The van der Waals surface area contributed by atoms with Gasteiger partial charge in [-0.15, -0.1) is 13.2 Å². The van der Waals surface area contributed by atoms with E-state index in [0.717, 1.165) is 11.8 Å². The second-order valence-corrected chi connectivity index (χ2v) is 6.19. The molecule has 0 saturated heterocycles. The van der Waals surface area contributed by atoms with E-state index in [-0.39, 0.29) is 0 Å². The fraction of sp³-hybridized carbons (Fsp3) is 0.895. The molecule has 1 unspecified atom stereocenters. The third-order valence-corrected chi connectivity index (χ3v) is 3.15. The molecule has 0 aromatic heterocycles. The minimum absolute atomic E-state index is 0.876. The summed E-state index contributed by atoms with van der Waals surface area (Å²) < 4.78 is 0. The smallest absolute Gasteiger partial charge is 0.000397 e. The highest BCUT2D eigenvalue weighted by molar-refractivity contribution is 4.58. The van der Waals surface area contributed by atoms with Crippen LogP contribution in [0.15, 0.2) is 13.2 Å². The SMILES string of the molecule is C=C.CCCC(C)C.CCCCC(C)CN(C)CCC. The Balaban J connectivity index is -0.000000304. The molecule has 0 radical (unpaired) electrons. The molecular weight excluding hydrogens is 242 g/mol. The lowest BCUT2D eigenvalue weighted by molar-refractivity contribution is 0.276. The van der Waals surface area contributed by atoms with E-state index in [0.29, 0.717) is 0 Å². The van der Waals surface area contributed by atoms with Crippen LogP contribution in [0.1, 0.15) is 80.1 Å². The largest absolute Gasteiger partial charge is 0.306 e. The molecule has 0 aliphatic heterocycles. The van der Waals surface area contributed by atoms with Crippen molar-refractivity contribution >= 4 is 0 Å². The van der Waals surface area contributed by atoms with Gasteiger partial charge in [0.25, 0.3) is 0 Å². The Bertz CT molecular complexity index is 154. The van der Waals surface area contributed by atoms with Gasteiger partial charge in [-0.25, -0.2) is 0 Å². The zero-order valence-electron chi connectivity index (χ0n) is 15.7. The predicted molar refractivity (Wildman–Crippen MR) is 97.5 cm³/mol. The van der Waals surface area contributed by atoms with Gasteiger partial charge in [-0.2, -0.15) is 0 Å². The van der Waals surface area contributed by atoms with Gasteiger partial charge in [-0.05, 0) is 38.3 Å². The van der Waals surface area contributed by atoms with Crippen molar-refractivity contribution in [3.8, 4) is 0 Å². The van der Waals surface area contributed by atoms with E-state index in [1.807, 2.05) is 0 Å². The fourth-order valence-corrected chi connectivity index (χ4v) is 2.23. The topological polar surface area (TPSA) is 3.24 Å². The lowest BCUT2D eigenvalue weighted by atomic mass is 10.0. The molecule has 0 saturated carbocycles. The molecule has 0 bridgehead atoms. The van der Waals surface area contributed by atoms with Crippen LogP contribution >= 0.6 is 0 Å². The van der Waals surface area contributed by atoms with E-state index < -0.39 is 0 Å². The molecule has 0 aromatic carbocycles. The summed E-state index contributed by atoms with van der Waals surface area (Å²) in [7, 11) is 2.23. The first kappa shape index (κ1) is 24.7. The zero-order chi connectivity index (χ0) is 16.4. The monoisotopic (exact) mass is 285 g/mol. The van der Waals surface area contributed by atoms with Crippen molar-refractivity contribution in [3.63, 3.8) is 0 Å². The Morgan fingerprint density at radius 2 is 1.40 bits per heavy atom. The number of nitrogens with zero attached hydrogens (tertiary/aromatic N) is 1. The molecule has 0 spiro atoms. The van der Waals surface area contributed by atoms with Gasteiger partial charge in [0.05, 0.1) is 0 Å². The van der Waals surface area contributed by atoms with Crippen LogP contribution in [0.2, 0.25) is 0 Å². The van der Waals surface area contributed by atoms with Gasteiger partial charge in [0.15, 0.2) is 0 Å². The van der Waals surface area contributed by atoms with Crippen LogP contribution in [0.25, 0.3) is 0 Å². The summed E-state index contributed by atoms with van der Waals surface area (Å²) in [6.07, 6.45) is 8.10. The Morgan fingerprint density at radius 3 is 1.70 bits per heavy atom. The highest BCUT2D eigenvalue weighted by Gasteiger charge is 2.04. The first-order valence-electron chi connectivity index (χ1n) is 8.66. The maximum Gasteiger partial charge on any atom is 0.000397 e. The minimum Gasteiger partial charge on any atom is -0.306 e. The van der Waals surface area contributed by atoms with Crippen LogP contribution in [0.3, 0.4) is 0 Å². The van der Waals surface area contributed by atoms with Gasteiger partial charge in [0.2, 0.25) is 0 Å². The van der Waals surface area contributed by atoms with Crippen LogP contribution in [0, 0.1) is 11.8 Å². The number of unbranched alkanes of at least 4 members (excludes halogenated alkanes) is 1. The van der Waals surface area contributed by atoms with E-state index >= 15 is 0 Å². The normalized spacial score (nSPS) is 11.4. The Hall–Kier alpha value is -0.300. The first-order chi connectivity index (χ1) is 9.47. The summed E-state index contributed by atoms with van der Waals surface area (Å²) in [6, 6.07) is 0. The summed E-state index contributed by atoms with van der Waals surface area (Å²) in [4.78, 5) is 2.44. The van der Waals surface area contributed by atoms with Crippen molar-refractivity contribution in [1.82, 2.24) is 4.90 Å². The maximum atomic E-state index is 3.00. The molecule has 1 atom stereocenters. The average Bonchev–Trinajstić information content (AvgIpc) is 2.39. The van der Waals surface area contributed by atoms with Crippen LogP contribution < -0.4 is 0 Å². The second kappa shape index (κ2) is 21.0. The first-order valence-corrected chi connectivity index (χ1v) is 8.66. The maximum absolute atomic E-state index is 3.00. The van der Waals surface area contributed by atoms with Crippen molar-refractivity contribution < 1.29 is 0 Å². The minimum atomic E-state index is 0.876. The van der Waals surface area contributed by atoms with Crippen LogP contribution in [-0.2, 0) is 0 Å². The Morgan fingerprint density at radius 1 is 0.850 bits per heavy atom. The summed E-state index contributed by atoms with van der Waals surface area (Å²) in [5.74, 6) is 1.77. The standard InChI is InChI=1S/C11H25N.C6H14.C2H4/c1-5-7-8-11(3)10-12(4)9-6-2;1-4-5-6(2)3;1-2/h11H,5-10H2,1-4H3;6H,4-5H2,1-3H3;1-2H2. The van der Waals surface area contributed by atoms with Gasteiger partial charge in [-0.1, -0.05) is 67.2 Å². The summed E-state index contributed by atoms with van der Waals surface area (Å²) >= 11 is 0. The van der Waals surface area contributed by atoms with Crippen molar-refractivity contribution in [2.75, 3.05) is 20.1 Å². The summed E-state index contributed by atoms with van der Waals surface area (Å²) in [5, 5.41) is 0. The van der Waals surface area contributed by atoms with Crippen LogP contribution in [-0.4, -0.2) is 25.0 Å². The summed E-state index contributed by atoms with van der Waals surface area (Å²) in [5.41, 5.74) is 0. The van der Waals surface area contributed by atoms with Gasteiger partial charge in [-0.3, -0.25) is 0 Å². The van der Waals surface area contributed by atoms with Gasteiger partial charge in [0, 0.05) is 6.54 Å². The number of hydrogen-bond donors (Lipinski definition) is 0. The quantitative estimate of drug-likeness (QED) is 0.443. The van der Waals surface area contributed by atoms with Crippen LogP contribution in [0.5, 0.6) is 0 Å². The van der Waals surface area contributed by atoms with Crippen molar-refractivity contribution in [2.45, 2.75) is 80.1 Å². The molecule has 124 valence electrons. The molecular formula is C19H43N. The summed E-state index contributed by atoms with van der Waals surface area (Å²) in [6.45, 7) is 22.1. The Kier molecular flexibility index (Phi) is 25.9. The van der Waals surface area contributed by atoms with Gasteiger partial charge < -0.3 is 4.90 Å². The molecule has 1 nitrogen and oxygen atoms in total. The molecule has 1 heteroatoms.